The first-order chi connectivity index (χ1) is 13.9. The van der Waals surface area contributed by atoms with Crippen LogP contribution in [-0.2, 0) is 16.1 Å². The number of amides is 1. The molecule has 1 aromatic heterocycles. The molecule has 0 bridgehead atoms. The molecule has 0 saturated carbocycles. The van der Waals surface area contributed by atoms with E-state index in [0.717, 1.165) is 12.8 Å². The fraction of sp³-hybridized carbons (Fsp3) is 0.500. The van der Waals surface area contributed by atoms with Gasteiger partial charge in [-0.05, 0) is 43.0 Å². The van der Waals surface area contributed by atoms with Gasteiger partial charge in [-0.1, -0.05) is 25.6 Å². The Morgan fingerprint density at radius 2 is 2.10 bits per heavy atom. The van der Waals surface area contributed by atoms with Crippen molar-refractivity contribution in [1.29, 1.82) is 0 Å². The van der Waals surface area contributed by atoms with Gasteiger partial charge in [0.25, 0.3) is 0 Å². The Hall–Kier alpha value is -2.39. The van der Waals surface area contributed by atoms with Gasteiger partial charge in [0.1, 0.15) is 0 Å². The van der Waals surface area contributed by atoms with E-state index in [0.29, 0.717) is 36.0 Å². The second-order valence-electron chi connectivity index (χ2n) is 7.49. The van der Waals surface area contributed by atoms with E-state index in [1.165, 1.54) is 16.3 Å². The third kappa shape index (κ3) is 6.04. The number of ketones is 1. The average Bonchev–Trinajstić information content (AvgIpc) is 3.31. The number of aromatic nitrogens is 3. The number of anilines is 1. The van der Waals surface area contributed by atoms with Gasteiger partial charge >= 0.3 is 5.69 Å². The molecular formula is C20H26N4O4S. The molecule has 2 heterocycles. The van der Waals surface area contributed by atoms with E-state index in [1.54, 1.807) is 24.3 Å². The lowest BCUT2D eigenvalue weighted by atomic mass is 10.1. The summed E-state index contributed by atoms with van der Waals surface area (Å²) < 4.78 is 7.11. The summed E-state index contributed by atoms with van der Waals surface area (Å²) in [5, 5.41) is 9.78. The van der Waals surface area contributed by atoms with Crippen molar-refractivity contribution >= 4 is 29.1 Å². The van der Waals surface area contributed by atoms with Crippen molar-refractivity contribution in [2.75, 3.05) is 17.7 Å². The minimum atomic E-state index is -0.294. The number of Topliss-reactive ketones (excluding diaryl/α,β-unsaturated/α-hetero) is 1. The molecule has 1 aliphatic heterocycles. The molecule has 1 atom stereocenters. The first-order valence-electron chi connectivity index (χ1n) is 9.75. The zero-order chi connectivity index (χ0) is 20.8. The highest BCUT2D eigenvalue weighted by molar-refractivity contribution is 7.99. The van der Waals surface area contributed by atoms with Gasteiger partial charge in [-0.2, -0.15) is 0 Å². The normalized spacial score (nSPS) is 16.3. The molecule has 2 aromatic rings. The van der Waals surface area contributed by atoms with Crippen LogP contribution in [0.2, 0.25) is 0 Å². The van der Waals surface area contributed by atoms with Crippen molar-refractivity contribution in [1.82, 2.24) is 14.8 Å². The highest BCUT2D eigenvalue weighted by atomic mass is 32.2. The molecule has 1 amide bonds. The van der Waals surface area contributed by atoms with Crippen LogP contribution in [0.1, 0.15) is 43.5 Å². The number of carbonyl (C=O) groups excluding carboxylic acids is 2. The fourth-order valence-electron chi connectivity index (χ4n) is 3.10. The quantitative estimate of drug-likeness (QED) is 0.479. The number of hydrogen-bond acceptors (Lipinski definition) is 6. The van der Waals surface area contributed by atoms with Crippen LogP contribution < -0.4 is 11.0 Å². The smallest absolute Gasteiger partial charge is 0.344 e. The molecule has 156 valence electrons. The van der Waals surface area contributed by atoms with Gasteiger partial charge in [0.2, 0.25) is 5.91 Å². The lowest BCUT2D eigenvalue weighted by Gasteiger charge is -2.11. The van der Waals surface area contributed by atoms with Crippen molar-refractivity contribution in [3.63, 3.8) is 0 Å². The van der Waals surface area contributed by atoms with E-state index in [4.69, 9.17) is 4.74 Å². The molecule has 0 aliphatic carbocycles. The lowest BCUT2D eigenvalue weighted by molar-refractivity contribution is -0.116. The summed E-state index contributed by atoms with van der Waals surface area (Å²) in [7, 11) is 0. The fourth-order valence-corrected chi connectivity index (χ4v) is 3.95. The zero-order valence-electron chi connectivity index (χ0n) is 16.6. The first kappa shape index (κ1) is 21.3. The van der Waals surface area contributed by atoms with E-state index in [2.05, 4.69) is 15.5 Å². The van der Waals surface area contributed by atoms with Gasteiger partial charge in [-0.25, -0.2) is 9.89 Å². The summed E-state index contributed by atoms with van der Waals surface area (Å²) >= 11 is 1.22. The maximum absolute atomic E-state index is 12.5. The molecule has 1 unspecified atom stereocenters. The Kier molecular flexibility index (Phi) is 7.27. The second kappa shape index (κ2) is 9.89. The van der Waals surface area contributed by atoms with Crippen LogP contribution in [0.15, 0.2) is 34.2 Å². The number of nitrogens with zero attached hydrogens (tertiary/aromatic N) is 2. The molecule has 0 spiro atoms. The summed E-state index contributed by atoms with van der Waals surface area (Å²) in [6, 6.07) is 6.83. The first-order valence-corrected chi connectivity index (χ1v) is 10.7. The number of benzene rings is 1. The third-order valence-electron chi connectivity index (χ3n) is 4.55. The molecule has 1 aromatic carbocycles. The molecule has 1 saturated heterocycles. The number of rotatable bonds is 9. The summed E-state index contributed by atoms with van der Waals surface area (Å²) in [5.41, 5.74) is 0.914. The Labute approximate surface area is 173 Å². The van der Waals surface area contributed by atoms with Crippen LogP contribution in [0.3, 0.4) is 0 Å². The van der Waals surface area contributed by atoms with Crippen molar-refractivity contribution in [2.24, 2.45) is 5.92 Å². The molecule has 3 rings (SSSR count). The van der Waals surface area contributed by atoms with Crippen LogP contribution in [0.4, 0.5) is 5.69 Å². The van der Waals surface area contributed by atoms with Crippen LogP contribution in [0.5, 0.6) is 0 Å². The topological polar surface area (TPSA) is 106 Å². The summed E-state index contributed by atoms with van der Waals surface area (Å²) in [5.74, 6) is 0.327. The number of carbonyl (C=O) groups is 2. The molecule has 1 aliphatic rings. The maximum atomic E-state index is 12.5. The number of ether oxygens (including phenoxy) is 1. The molecule has 0 radical (unpaired) electrons. The molecule has 8 nitrogen and oxygen atoms in total. The maximum Gasteiger partial charge on any atom is 0.344 e. The molecule has 9 heteroatoms. The summed E-state index contributed by atoms with van der Waals surface area (Å²) in [4.78, 5) is 36.3. The van der Waals surface area contributed by atoms with Crippen molar-refractivity contribution in [3.8, 4) is 0 Å². The number of nitrogens with one attached hydrogen (secondary N) is 2. The second-order valence-corrected chi connectivity index (χ2v) is 8.43. The largest absolute Gasteiger partial charge is 0.376 e. The third-order valence-corrected chi connectivity index (χ3v) is 5.53. The van der Waals surface area contributed by atoms with E-state index < -0.39 is 0 Å². The summed E-state index contributed by atoms with van der Waals surface area (Å²) in [6.45, 7) is 5.13. The molecule has 2 N–H and O–H groups in total. The van der Waals surface area contributed by atoms with E-state index >= 15 is 0 Å². The SMILES string of the molecule is CC(C)CC(=O)Nc1ccc(C(=O)CSc2n[nH]c(=O)n2CC2CCCO2)cc1. The lowest BCUT2D eigenvalue weighted by Crippen LogP contribution is -2.25. The van der Waals surface area contributed by atoms with Crippen molar-refractivity contribution < 1.29 is 14.3 Å². The standard InChI is InChI=1S/C20H26N4O4S/c1-13(2)10-18(26)21-15-7-5-14(6-8-15)17(25)12-29-20-23-22-19(27)24(20)11-16-4-3-9-28-16/h5-8,13,16H,3-4,9-12H2,1-2H3,(H,21,26)(H,22,27). The van der Waals surface area contributed by atoms with Crippen LogP contribution >= 0.6 is 11.8 Å². The summed E-state index contributed by atoms with van der Waals surface area (Å²) in [6.07, 6.45) is 2.38. The zero-order valence-corrected chi connectivity index (χ0v) is 17.5. The minimum absolute atomic E-state index is 0.0128. The van der Waals surface area contributed by atoms with Crippen molar-refractivity contribution in [2.45, 2.75) is 50.9 Å². The van der Waals surface area contributed by atoms with Gasteiger partial charge < -0.3 is 10.1 Å². The van der Waals surface area contributed by atoms with Crippen LogP contribution in [-0.4, -0.2) is 44.9 Å². The Morgan fingerprint density at radius 1 is 1.34 bits per heavy atom. The van der Waals surface area contributed by atoms with Crippen molar-refractivity contribution in [3.05, 3.63) is 40.3 Å². The number of aromatic amines is 1. The number of hydrogen-bond donors (Lipinski definition) is 2. The van der Waals surface area contributed by atoms with Crippen LogP contribution in [0.25, 0.3) is 0 Å². The van der Waals surface area contributed by atoms with Gasteiger partial charge in [0.05, 0.1) is 18.4 Å². The molecular weight excluding hydrogens is 392 g/mol. The highest BCUT2D eigenvalue weighted by Gasteiger charge is 2.20. The van der Waals surface area contributed by atoms with E-state index in [1.807, 2.05) is 13.8 Å². The molecule has 1 fully saturated rings. The monoisotopic (exact) mass is 418 g/mol. The van der Waals surface area contributed by atoms with Gasteiger partial charge in [-0.3, -0.25) is 14.2 Å². The van der Waals surface area contributed by atoms with Gasteiger partial charge in [0.15, 0.2) is 10.9 Å². The number of H-pyrrole nitrogens is 1. The van der Waals surface area contributed by atoms with Gasteiger partial charge in [-0.15, -0.1) is 5.10 Å². The van der Waals surface area contributed by atoms with E-state index in [9.17, 15) is 14.4 Å². The highest BCUT2D eigenvalue weighted by Crippen LogP contribution is 2.20. The Morgan fingerprint density at radius 3 is 2.76 bits per heavy atom. The average molecular weight is 419 g/mol. The Bertz CT molecular complexity index is 898. The Balaban J connectivity index is 1.56. The molecule has 29 heavy (non-hydrogen) atoms. The predicted octanol–water partition coefficient (Wildman–Crippen LogP) is 2.71. The van der Waals surface area contributed by atoms with E-state index in [-0.39, 0.29) is 35.2 Å². The predicted molar refractivity (Wildman–Crippen MR) is 111 cm³/mol. The minimum Gasteiger partial charge on any atom is -0.376 e. The van der Waals surface area contributed by atoms with Crippen LogP contribution in [0, 0.1) is 5.92 Å². The number of thioether (sulfide) groups is 1. The van der Waals surface area contributed by atoms with Gasteiger partial charge in [0, 0.05) is 24.3 Å².